The molecule has 35 heavy (non-hydrogen) atoms. The van der Waals surface area contributed by atoms with E-state index < -0.39 is 11.8 Å². The molecule has 0 radical (unpaired) electrons. The minimum atomic E-state index is -0.922. The zero-order valence-corrected chi connectivity index (χ0v) is 20.1. The van der Waals surface area contributed by atoms with Crippen LogP contribution in [0.3, 0.4) is 0 Å². The highest BCUT2D eigenvalue weighted by atomic mass is 35.5. The van der Waals surface area contributed by atoms with Crippen molar-refractivity contribution in [3.05, 3.63) is 94.0 Å². The number of hydrogen-bond donors (Lipinski definition) is 3. The number of hydrazone groups is 1. The Kier molecular flexibility index (Phi) is 8.97. The number of anilines is 1. The van der Waals surface area contributed by atoms with Crippen LogP contribution < -0.4 is 20.8 Å². The molecular weight excluding hydrogens is 468 g/mol. The average molecular weight is 493 g/mol. The van der Waals surface area contributed by atoms with E-state index in [4.69, 9.17) is 16.3 Å². The molecule has 0 aromatic heterocycles. The third-order valence-electron chi connectivity index (χ3n) is 4.99. The van der Waals surface area contributed by atoms with Gasteiger partial charge in [-0.25, -0.2) is 5.43 Å². The summed E-state index contributed by atoms with van der Waals surface area (Å²) in [7, 11) is 0. The van der Waals surface area contributed by atoms with Crippen LogP contribution in [0.25, 0.3) is 0 Å². The van der Waals surface area contributed by atoms with Gasteiger partial charge in [-0.3, -0.25) is 14.4 Å². The number of nitrogens with zero attached hydrogens (tertiary/aromatic N) is 1. The number of carbonyl (C=O) groups is 3. The maximum Gasteiger partial charge on any atom is 0.329 e. The smallest absolute Gasteiger partial charge is 0.329 e. The summed E-state index contributed by atoms with van der Waals surface area (Å²) in [4.78, 5) is 36.3. The first-order valence-electron chi connectivity index (χ1n) is 10.8. The van der Waals surface area contributed by atoms with E-state index in [1.807, 2.05) is 62.4 Å². The largest absolute Gasteiger partial charge is 0.483 e. The van der Waals surface area contributed by atoms with E-state index in [1.165, 1.54) is 6.21 Å². The number of hydrogen-bond acceptors (Lipinski definition) is 5. The van der Waals surface area contributed by atoms with Crippen LogP contribution in [0.1, 0.15) is 22.3 Å². The fourth-order valence-corrected chi connectivity index (χ4v) is 3.16. The van der Waals surface area contributed by atoms with Crippen LogP contribution >= 0.6 is 11.6 Å². The van der Waals surface area contributed by atoms with Crippen molar-refractivity contribution >= 4 is 41.2 Å². The first-order valence-corrected chi connectivity index (χ1v) is 11.1. The van der Waals surface area contributed by atoms with E-state index >= 15 is 0 Å². The molecule has 0 saturated heterocycles. The lowest BCUT2D eigenvalue weighted by Gasteiger charge is -2.11. The number of ether oxygens (including phenoxy) is 1. The lowest BCUT2D eigenvalue weighted by atomic mass is 10.1. The van der Waals surface area contributed by atoms with Crippen LogP contribution in [0.4, 0.5) is 5.69 Å². The summed E-state index contributed by atoms with van der Waals surface area (Å²) in [5, 5.41) is 9.51. The Morgan fingerprint density at radius 1 is 0.943 bits per heavy atom. The second-order valence-corrected chi connectivity index (χ2v) is 8.12. The molecule has 0 unspecified atom stereocenters. The summed E-state index contributed by atoms with van der Waals surface area (Å²) in [6, 6.07) is 19.6. The first kappa shape index (κ1) is 25.5. The zero-order chi connectivity index (χ0) is 25.2. The molecule has 3 rings (SSSR count). The molecule has 0 aliphatic heterocycles. The fraction of sp³-hybridized carbons (Fsp3) is 0.154. The predicted molar refractivity (Wildman–Crippen MR) is 136 cm³/mol. The minimum Gasteiger partial charge on any atom is -0.483 e. The molecule has 0 bridgehead atoms. The molecule has 0 spiro atoms. The summed E-state index contributed by atoms with van der Waals surface area (Å²) in [5.74, 6) is -1.75. The second kappa shape index (κ2) is 12.3. The second-order valence-electron chi connectivity index (χ2n) is 7.69. The Labute approximate surface area is 208 Å². The summed E-state index contributed by atoms with van der Waals surface area (Å²) >= 11 is 6.06. The number of nitrogens with one attached hydrogen (secondary N) is 3. The van der Waals surface area contributed by atoms with Gasteiger partial charge in [-0.1, -0.05) is 48.0 Å². The number of carbonyl (C=O) groups excluding carboxylic acids is 3. The number of halogens is 1. The molecule has 0 fully saturated rings. The SMILES string of the molecule is Cc1ccc(NC(=O)COc2ccc(Cl)cc2/C=N\NC(=O)C(=O)NCc2ccccc2)cc1C. The van der Waals surface area contributed by atoms with Gasteiger partial charge in [-0.05, 0) is 60.9 Å². The highest BCUT2D eigenvalue weighted by Gasteiger charge is 2.12. The average Bonchev–Trinajstić information content (AvgIpc) is 2.85. The molecule has 8 nitrogen and oxygen atoms in total. The van der Waals surface area contributed by atoms with Crippen LogP contribution in [0.5, 0.6) is 5.75 Å². The van der Waals surface area contributed by atoms with Crippen molar-refractivity contribution in [3.63, 3.8) is 0 Å². The lowest BCUT2D eigenvalue weighted by Crippen LogP contribution is -2.37. The molecule has 3 aromatic carbocycles. The molecule has 0 saturated carbocycles. The van der Waals surface area contributed by atoms with Gasteiger partial charge in [0.25, 0.3) is 5.91 Å². The zero-order valence-electron chi connectivity index (χ0n) is 19.3. The number of benzene rings is 3. The maximum atomic E-state index is 12.3. The Hall–Kier alpha value is -4.17. The van der Waals surface area contributed by atoms with Gasteiger partial charge in [-0.2, -0.15) is 5.10 Å². The highest BCUT2D eigenvalue weighted by Crippen LogP contribution is 2.21. The van der Waals surface area contributed by atoms with Crippen LogP contribution in [-0.2, 0) is 20.9 Å². The van der Waals surface area contributed by atoms with E-state index in [0.29, 0.717) is 22.0 Å². The van der Waals surface area contributed by atoms with Gasteiger partial charge in [0.05, 0.1) is 6.21 Å². The minimum absolute atomic E-state index is 0.216. The Balaban J connectivity index is 1.54. The molecule has 3 aromatic rings. The summed E-state index contributed by atoms with van der Waals surface area (Å²) in [6.07, 6.45) is 1.28. The Morgan fingerprint density at radius 3 is 2.46 bits per heavy atom. The van der Waals surface area contributed by atoms with Crippen molar-refractivity contribution in [2.45, 2.75) is 20.4 Å². The van der Waals surface area contributed by atoms with Crippen molar-refractivity contribution < 1.29 is 19.1 Å². The topological polar surface area (TPSA) is 109 Å². The van der Waals surface area contributed by atoms with Gasteiger partial charge < -0.3 is 15.4 Å². The van der Waals surface area contributed by atoms with Crippen LogP contribution in [0, 0.1) is 13.8 Å². The third kappa shape index (κ3) is 7.97. The van der Waals surface area contributed by atoms with Gasteiger partial charge >= 0.3 is 11.8 Å². The third-order valence-corrected chi connectivity index (χ3v) is 5.23. The molecule has 0 heterocycles. The lowest BCUT2D eigenvalue weighted by molar-refractivity contribution is -0.139. The number of rotatable bonds is 8. The number of aryl methyl sites for hydroxylation is 2. The molecule has 0 aliphatic rings. The van der Waals surface area contributed by atoms with E-state index in [9.17, 15) is 14.4 Å². The highest BCUT2D eigenvalue weighted by molar-refractivity contribution is 6.35. The summed E-state index contributed by atoms with van der Waals surface area (Å²) in [6.45, 7) is 3.93. The van der Waals surface area contributed by atoms with E-state index in [-0.39, 0.29) is 19.1 Å². The maximum absolute atomic E-state index is 12.3. The Morgan fingerprint density at radius 2 is 1.71 bits per heavy atom. The van der Waals surface area contributed by atoms with Gasteiger partial charge in [0.1, 0.15) is 5.75 Å². The monoisotopic (exact) mass is 492 g/mol. The molecule has 3 amide bonds. The van der Waals surface area contributed by atoms with E-state index in [2.05, 4.69) is 21.2 Å². The fourth-order valence-electron chi connectivity index (χ4n) is 2.98. The van der Waals surface area contributed by atoms with E-state index in [1.54, 1.807) is 18.2 Å². The Bertz CT molecular complexity index is 1250. The molecule has 0 aliphatic carbocycles. The van der Waals surface area contributed by atoms with Crippen molar-refractivity contribution in [2.24, 2.45) is 5.10 Å². The van der Waals surface area contributed by atoms with Gasteiger partial charge in [-0.15, -0.1) is 0 Å². The standard InChI is InChI=1S/C26H25ClN4O4/c1-17-8-10-22(12-18(17)2)30-24(32)16-35-23-11-9-21(27)13-20(23)15-29-31-26(34)25(33)28-14-19-6-4-3-5-7-19/h3-13,15H,14,16H2,1-2H3,(H,28,33)(H,30,32)(H,31,34)/b29-15-. The molecule has 0 atom stereocenters. The predicted octanol–water partition coefficient (Wildman–Crippen LogP) is 3.74. The molecule has 180 valence electrons. The summed E-state index contributed by atoms with van der Waals surface area (Å²) in [5.41, 5.74) is 6.31. The van der Waals surface area contributed by atoms with Crippen LogP contribution in [0.15, 0.2) is 71.8 Å². The molecule has 3 N–H and O–H groups in total. The number of amides is 3. The normalized spacial score (nSPS) is 10.6. The van der Waals surface area contributed by atoms with Crippen molar-refractivity contribution in [2.75, 3.05) is 11.9 Å². The molecular formula is C26H25ClN4O4. The van der Waals surface area contributed by atoms with Crippen molar-refractivity contribution in [1.82, 2.24) is 10.7 Å². The van der Waals surface area contributed by atoms with Crippen molar-refractivity contribution in [3.8, 4) is 5.75 Å². The van der Waals surface area contributed by atoms with E-state index in [0.717, 1.165) is 16.7 Å². The van der Waals surface area contributed by atoms with Crippen LogP contribution in [-0.4, -0.2) is 30.5 Å². The van der Waals surface area contributed by atoms with Gasteiger partial charge in [0, 0.05) is 22.8 Å². The van der Waals surface area contributed by atoms with Gasteiger partial charge in [0.15, 0.2) is 6.61 Å². The quantitative estimate of drug-likeness (QED) is 0.253. The molecule has 9 heteroatoms. The van der Waals surface area contributed by atoms with Crippen molar-refractivity contribution in [1.29, 1.82) is 0 Å². The van der Waals surface area contributed by atoms with Crippen LogP contribution in [0.2, 0.25) is 5.02 Å². The first-order chi connectivity index (χ1) is 16.8. The van der Waals surface area contributed by atoms with Gasteiger partial charge in [0.2, 0.25) is 0 Å². The summed E-state index contributed by atoms with van der Waals surface area (Å²) < 4.78 is 5.62.